The SMILES string of the molecule is COc1ccc(NC(=O)CCCCCN2C(=O)/C(=C/c3cccc(Cl)c3Cl)SC2=S)cc1. The molecule has 1 fully saturated rings. The van der Waals surface area contributed by atoms with Gasteiger partial charge in [-0.25, -0.2) is 0 Å². The highest BCUT2D eigenvalue weighted by Gasteiger charge is 2.31. The van der Waals surface area contributed by atoms with E-state index in [0.29, 0.717) is 37.8 Å². The quantitative estimate of drug-likeness (QED) is 0.241. The van der Waals surface area contributed by atoms with E-state index in [1.165, 1.54) is 11.8 Å². The summed E-state index contributed by atoms with van der Waals surface area (Å²) in [6.07, 6.45) is 4.43. The molecule has 0 aliphatic carbocycles. The van der Waals surface area contributed by atoms with Gasteiger partial charge in [-0.3, -0.25) is 14.5 Å². The van der Waals surface area contributed by atoms with Crippen LogP contribution in [0, 0.1) is 0 Å². The maximum Gasteiger partial charge on any atom is 0.266 e. The van der Waals surface area contributed by atoms with Crippen molar-refractivity contribution in [2.45, 2.75) is 25.7 Å². The predicted molar refractivity (Wildman–Crippen MR) is 136 cm³/mol. The van der Waals surface area contributed by atoms with E-state index < -0.39 is 0 Å². The molecule has 1 heterocycles. The van der Waals surface area contributed by atoms with Crippen LogP contribution in [0.3, 0.4) is 0 Å². The van der Waals surface area contributed by atoms with E-state index in [1.54, 1.807) is 60.6 Å². The van der Waals surface area contributed by atoms with Crippen LogP contribution in [-0.4, -0.2) is 34.7 Å². The Morgan fingerprint density at radius 2 is 1.91 bits per heavy atom. The minimum atomic E-state index is -0.131. The van der Waals surface area contributed by atoms with Crippen LogP contribution in [0.5, 0.6) is 5.75 Å². The van der Waals surface area contributed by atoms with E-state index in [-0.39, 0.29) is 11.8 Å². The first-order valence-corrected chi connectivity index (χ1v) is 12.0. The molecule has 168 valence electrons. The molecule has 2 amide bonds. The highest BCUT2D eigenvalue weighted by molar-refractivity contribution is 8.26. The lowest BCUT2D eigenvalue weighted by atomic mass is 10.1. The number of halogens is 2. The summed E-state index contributed by atoms with van der Waals surface area (Å²) in [6, 6.07) is 12.5. The first kappa shape index (κ1) is 24.6. The van der Waals surface area contributed by atoms with Crippen LogP contribution in [0.15, 0.2) is 47.4 Å². The number of nitrogens with zero attached hydrogens (tertiary/aromatic N) is 1. The molecule has 0 saturated carbocycles. The lowest BCUT2D eigenvalue weighted by molar-refractivity contribution is -0.122. The Balaban J connectivity index is 1.43. The zero-order valence-corrected chi connectivity index (χ0v) is 20.5. The molecular weight excluding hydrogens is 487 g/mol. The van der Waals surface area contributed by atoms with E-state index in [2.05, 4.69) is 5.32 Å². The van der Waals surface area contributed by atoms with Crippen LogP contribution in [-0.2, 0) is 9.59 Å². The van der Waals surface area contributed by atoms with Crippen molar-refractivity contribution in [3.63, 3.8) is 0 Å². The van der Waals surface area contributed by atoms with Gasteiger partial charge in [-0.1, -0.05) is 65.7 Å². The van der Waals surface area contributed by atoms with Gasteiger partial charge in [0.15, 0.2) is 0 Å². The predicted octanol–water partition coefficient (Wildman–Crippen LogP) is 6.40. The average Bonchev–Trinajstić information content (AvgIpc) is 3.04. The van der Waals surface area contributed by atoms with Gasteiger partial charge in [0.25, 0.3) is 5.91 Å². The molecule has 2 aromatic rings. The van der Waals surface area contributed by atoms with Crippen LogP contribution in [0.2, 0.25) is 10.0 Å². The molecule has 3 rings (SSSR count). The molecule has 0 radical (unpaired) electrons. The summed E-state index contributed by atoms with van der Waals surface area (Å²) < 4.78 is 5.63. The number of anilines is 1. The Kier molecular flexibility index (Phi) is 8.99. The highest BCUT2D eigenvalue weighted by atomic mass is 35.5. The zero-order valence-electron chi connectivity index (χ0n) is 17.4. The Bertz CT molecular complexity index is 1040. The molecule has 0 aromatic heterocycles. The number of benzene rings is 2. The van der Waals surface area contributed by atoms with Crippen molar-refractivity contribution >= 4 is 75.1 Å². The highest BCUT2D eigenvalue weighted by Crippen LogP contribution is 2.35. The number of carbonyl (C=O) groups excluding carboxylic acids is 2. The van der Waals surface area contributed by atoms with Crippen LogP contribution in [0.25, 0.3) is 6.08 Å². The van der Waals surface area contributed by atoms with E-state index >= 15 is 0 Å². The number of ether oxygens (including phenoxy) is 1. The number of carbonyl (C=O) groups is 2. The summed E-state index contributed by atoms with van der Waals surface area (Å²) in [5, 5.41) is 3.71. The third kappa shape index (κ3) is 6.48. The van der Waals surface area contributed by atoms with Gasteiger partial charge >= 0.3 is 0 Å². The van der Waals surface area contributed by atoms with Gasteiger partial charge in [0, 0.05) is 18.7 Å². The number of hydrogen-bond donors (Lipinski definition) is 1. The summed E-state index contributed by atoms with van der Waals surface area (Å²) in [5.74, 6) is 0.569. The number of amides is 2. The van der Waals surface area contributed by atoms with Crippen LogP contribution >= 0.6 is 47.2 Å². The largest absolute Gasteiger partial charge is 0.497 e. The molecule has 2 aromatic carbocycles. The van der Waals surface area contributed by atoms with E-state index in [0.717, 1.165) is 30.7 Å². The molecular formula is C23H22Cl2N2O3S2. The number of unbranched alkanes of at least 4 members (excludes halogenated alkanes) is 2. The Labute approximate surface area is 207 Å². The van der Waals surface area contributed by atoms with Crippen molar-refractivity contribution in [3.8, 4) is 5.75 Å². The number of methoxy groups -OCH3 is 1. The van der Waals surface area contributed by atoms with Crippen LogP contribution in [0.1, 0.15) is 31.2 Å². The molecule has 0 bridgehead atoms. The lowest BCUT2D eigenvalue weighted by Crippen LogP contribution is -2.29. The molecule has 0 spiro atoms. The van der Waals surface area contributed by atoms with Crippen molar-refractivity contribution < 1.29 is 14.3 Å². The van der Waals surface area contributed by atoms with Gasteiger partial charge in [0.05, 0.1) is 22.1 Å². The standard InChI is InChI=1S/C23H22Cl2N2O3S2/c1-30-17-11-9-16(10-12-17)26-20(28)8-3-2-4-13-27-22(29)19(32-23(27)31)14-15-6-5-7-18(24)21(15)25/h5-7,9-12,14H,2-4,8,13H2,1H3,(H,26,28)/b19-14-. The second kappa shape index (κ2) is 11.7. The molecule has 0 unspecified atom stereocenters. The minimum Gasteiger partial charge on any atom is -0.497 e. The van der Waals surface area contributed by atoms with Gasteiger partial charge in [0.1, 0.15) is 10.1 Å². The fourth-order valence-corrected chi connectivity index (χ4v) is 4.76. The third-order valence-electron chi connectivity index (χ3n) is 4.80. The molecule has 1 aliphatic rings. The third-order valence-corrected chi connectivity index (χ3v) is 7.01. The van der Waals surface area contributed by atoms with Crippen molar-refractivity contribution in [3.05, 3.63) is 63.0 Å². The van der Waals surface area contributed by atoms with Crippen molar-refractivity contribution in [2.24, 2.45) is 0 Å². The molecule has 32 heavy (non-hydrogen) atoms. The number of thioether (sulfide) groups is 1. The summed E-state index contributed by atoms with van der Waals surface area (Å²) in [6.45, 7) is 0.519. The number of rotatable bonds is 9. The van der Waals surface area contributed by atoms with Crippen LogP contribution < -0.4 is 10.1 Å². The normalized spacial score (nSPS) is 14.8. The van der Waals surface area contributed by atoms with E-state index in [4.69, 9.17) is 40.2 Å². The molecule has 5 nitrogen and oxygen atoms in total. The molecule has 1 aliphatic heterocycles. The topological polar surface area (TPSA) is 58.6 Å². The smallest absolute Gasteiger partial charge is 0.266 e. The number of thiocarbonyl (C=S) groups is 1. The summed E-state index contributed by atoms with van der Waals surface area (Å²) in [4.78, 5) is 27.0. The molecule has 1 saturated heterocycles. The summed E-state index contributed by atoms with van der Waals surface area (Å²) >= 11 is 18.9. The van der Waals surface area contributed by atoms with Crippen molar-refractivity contribution in [1.29, 1.82) is 0 Å². The lowest BCUT2D eigenvalue weighted by Gasteiger charge is -2.14. The van der Waals surface area contributed by atoms with Gasteiger partial charge in [-0.15, -0.1) is 0 Å². The number of hydrogen-bond acceptors (Lipinski definition) is 5. The fourth-order valence-electron chi connectivity index (χ4n) is 3.10. The molecule has 9 heteroatoms. The Morgan fingerprint density at radius 1 is 1.16 bits per heavy atom. The van der Waals surface area contributed by atoms with Gasteiger partial charge in [-0.2, -0.15) is 0 Å². The maximum atomic E-state index is 12.7. The number of nitrogens with one attached hydrogen (secondary N) is 1. The first-order valence-electron chi connectivity index (χ1n) is 10.0. The molecule has 0 atom stereocenters. The first-order chi connectivity index (χ1) is 15.4. The summed E-state index contributed by atoms with van der Waals surface area (Å²) in [5.41, 5.74) is 1.42. The minimum absolute atomic E-state index is 0.0397. The Hall–Kier alpha value is -2.06. The van der Waals surface area contributed by atoms with Crippen molar-refractivity contribution in [1.82, 2.24) is 4.90 Å². The van der Waals surface area contributed by atoms with E-state index in [1.807, 2.05) is 0 Å². The average molecular weight is 509 g/mol. The molecule has 1 N–H and O–H groups in total. The maximum absolute atomic E-state index is 12.7. The van der Waals surface area contributed by atoms with Gasteiger partial charge in [0.2, 0.25) is 5.91 Å². The van der Waals surface area contributed by atoms with Gasteiger partial charge < -0.3 is 10.1 Å². The van der Waals surface area contributed by atoms with Gasteiger partial charge in [-0.05, 0) is 54.8 Å². The second-order valence-electron chi connectivity index (χ2n) is 7.06. The summed E-state index contributed by atoms with van der Waals surface area (Å²) in [7, 11) is 1.60. The Morgan fingerprint density at radius 3 is 2.62 bits per heavy atom. The second-order valence-corrected chi connectivity index (χ2v) is 9.52. The van der Waals surface area contributed by atoms with Crippen molar-refractivity contribution in [2.75, 3.05) is 19.0 Å². The zero-order chi connectivity index (χ0) is 23.1. The monoisotopic (exact) mass is 508 g/mol. The van der Waals surface area contributed by atoms with E-state index in [9.17, 15) is 9.59 Å². The van der Waals surface area contributed by atoms with Crippen LogP contribution in [0.4, 0.5) is 5.69 Å². The fraction of sp³-hybridized carbons (Fsp3) is 0.261.